The molecule has 3 unspecified atom stereocenters. The standard InChI is InChI=1S/C29H49NO3/c1-21(2)10-7-11-22(3)12-8-13-23(4)14-9-16-29(6)17-15-25-19-26(32-27(31)20-30)18-24(5)28(25)33-29/h18-19,21-23H,7-17,20,30H2,1-6H3. The molecule has 2 rings (SSSR count). The quantitative estimate of drug-likeness (QED) is 0.233. The van der Waals surface area contributed by atoms with Gasteiger partial charge in [-0.2, -0.15) is 0 Å². The smallest absolute Gasteiger partial charge is 0.325 e. The highest BCUT2D eigenvalue weighted by atomic mass is 16.5. The number of nitrogens with two attached hydrogens (primary N) is 1. The number of fused-ring (bicyclic) bond motifs is 1. The molecule has 0 saturated carbocycles. The number of aryl methyl sites for hydroxylation is 2. The zero-order valence-electron chi connectivity index (χ0n) is 22.2. The van der Waals surface area contributed by atoms with Crippen molar-refractivity contribution in [2.45, 2.75) is 118 Å². The molecule has 0 aromatic heterocycles. The van der Waals surface area contributed by atoms with Gasteiger partial charge in [0.1, 0.15) is 17.1 Å². The Hall–Kier alpha value is -1.55. The Morgan fingerprint density at radius 2 is 1.64 bits per heavy atom. The van der Waals surface area contributed by atoms with Crippen molar-refractivity contribution in [3.63, 3.8) is 0 Å². The summed E-state index contributed by atoms with van der Waals surface area (Å²) in [5.74, 6) is 3.61. The molecule has 2 N–H and O–H groups in total. The molecular weight excluding hydrogens is 410 g/mol. The summed E-state index contributed by atoms with van der Waals surface area (Å²) in [7, 11) is 0. The maximum atomic E-state index is 11.5. The van der Waals surface area contributed by atoms with Crippen LogP contribution < -0.4 is 15.2 Å². The molecular formula is C29H49NO3. The molecule has 0 amide bonds. The first-order valence-electron chi connectivity index (χ1n) is 13.3. The van der Waals surface area contributed by atoms with Crippen molar-refractivity contribution in [1.82, 2.24) is 0 Å². The van der Waals surface area contributed by atoms with E-state index in [2.05, 4.69) is 34.6 Å². The van der Waals surface area contributed by atoms with E-state index in [1.807, 2.05) is 19.1 Å². The predicted octanol–water partition coefficient (Wildman–Crippen LogP) is 7.38. The number of esters is 1. The maximum absolute atomic E-state index is 11.5. The molecule has 1 aromatic carbocycles. The summed E-state index contributed by atoms with van der Waals surface area (Å²) in [5, 5.41) is 0. The molecule has 0 aliphatic carbocycles. The maximum Gasteiger partial charge on any atom is 0.325 e. The van der Waals surface area contributed by atoms with Gasteiger partial charge < -0.3 is 15.2 Å². The Balaban J connectivity index is 1.73. The first-order chi connectivity index (χ1) is 15.6. The summed E-state index contributed by atoms with van der Waals surface area (Å²) < 4.78 is 11.8. The third-order valence-electron chi connectivity index (χ3n) is 7.27. The van der Waals surface area contributed by atoms with Crippen molar-refractivity contribution in [2.24, 2.45) is 23.5 Å². The molecule has 0 spiro atoms. The molecule has 33 heavy (non-hydrogen) atoms. The van der Waals surface area contributed by atoms with E-state index in [0.717, 1.165) is 53.9 Å². The van der Waals surface area contributed by atoms with E-state index in [1.54, 1.807) is 0 Å². The fourth-order valence-corrected chi connectivity index (χ4v) is 5.05. The number of hydrogen-bond acceptors (Lipinski definition) is 4. The molecule has 0 fully saturated rings. The highest BCUT2D eigenvalue weighted by Gasteiger charge is 2.32. The Labute approximate surface area is 203 Å². The van der Waals surface area contributed by atoms with Crippen LogP contribution in [0.1, 0.15) is 110 Å². The van der Waals surface area contributed by atoms with Crippen molar-refractivity contribution in [3.8, 4) is 11.5 Å². The number of carbonyl (C=O) groups excluding carboxylic acids is 1. The van der Waals surface area contributed by atoms with Gasteiger partial charge in [0.05, 0.1) is 6.54 Å². The minimum Gasteiger partial charge on any atom is -0.487 e. The summed E-state index contributed by atoms with van der Waals surface area (Å²) in [4.78, 5) is 11.5. The summed E-state index contributed by atoms with van der Waals surface area (Å²) in [5.41, 5.74) is 7.40. The van der Waals surface area contributed by atoms with Crippen molar-refractivity contribution in [3.05, 3.63) is 23.3 Å². The normalized spacial score (nSPS) is 19.6. The average molecular weight is 460 g/mol. The van der Waals surface area contributed by atoms with Crippen LogP contribution >= 0.6 is 0 Å². The minimum absolute atomic E-state index is 0.111. The van der Waals surface area contributed by atoms with Gasteiger partial charge in [-0.05, 0) is 80.5 Å². The number of ether oxygens (including phenoxy) is 2. The van der Waals surface area contributed by atoms with E-state index in [0.29, 0.717) is 5.75 Å². The van der Waals surface area contributed by atoms with E-state index in [9.17, 15) is 4.79 Å². The molecule has 1 aliphatic rings. The van der Waals surface area contributed by atoms with Crippen LogP contribution in [0, 0.1) is 24.7 Å². The van der Waals surface area contributed by atoms with Gasteiger partial charge in [-0.15, -0.1) is 0 Å². The fourth-order valence-electron chi connectivity index (χ4n) is 5.05. The summed E-state index contributed by atoms with van der Waals surface area (Å²) in [6, 6.07) is 3.81. The van der Waals surface area contributed by atoms with Crippen LogP contribution in [-0.4, -0.2) is 18.1 Å². The third kappa shape index (κ3) is 9.68. The molecule has 1 aliphatic heterocycles. The van der Waals surface area contributed by atoms with E-state index in [1.165, 1.54) is 51.4 Å². The second-order valence-corrected chi connectivity index (χ2v) is 11.3. The number of benzene rings is 1. The first kappa shape index (κ1) is 27.7. The molecule has 4 heteroatoms. The van der Waals surface area contributed by atoms with E-state index < -0.39 is 5.97 Å². The van der Waals surface area contributed by atoms with Crippen molar-refractivity contribution in [1.29, 1.82) is 0 Å². The van der Waals surface area contributed by atoms with Crippen molar-refractivity contribution >= 4 is 5.97 Å². The Bertz CT molecular complexity index is 745. The molecule has 3 atom stereocenters. The van der Waals surface area contributed by atoms with Crippen LogP contribution in [0.25, 0.3) is 0 Å². The van der Waals surface area contributed by atoms with Gasteiger partial charge in [0.15, 0.2) is 0 Å². The molecule has 0 bridgehead atoms. The molecule has 0 radical (unpaired) electrons. The Kier molecular flexibility index (Phi) is 11.2. The SMILES string of the molecule is Cc1cc(OC(=O)CN)cc2c1OC(C)(CCCC(C)CCCC(C)CCCC(C)C)CC2. The van der Waals surface area contributed by atoms with Gasteiger partial charge in [0, 0.05) is 0 Å². The van der Waals surface area contributed by atoms with Crippen LogP contribution in [-0.2, 0) is 11.2 Å². The predicted molar refractivity (Wildman–Crippen MR) is 138 cm³/mol. The van der Waals surface area contributed by atoms with Gasteiger partial charge in [0.2, 0.25) is 0 Å². The van der Waals surface area contributed by atoms with Crippen LogP contribution in [0.4, 0.5) is 0 Å². The monoisotopic (exact) mass is 459 g/mol. The first-order valence-corrected chi connectivity index (χ1v) is 13.3. The number of rotatable bonds is 14. The lowest BCUT2D eigenvalue weighted by Gasteiger charge is -2.37. The second kappa shape index (κ2) is 13.4. The molecule has 188 valence electrons. The lowest BCUT2D eigenvalue weighted by molar-refractivity contribution is -0.132. The van der Waals surface area contributed by atoms with Gasteiger partial charge >= 0.3 is 5.97 Å². The molecule has 4 nitrogen and oxygen atoms in total. The van der Waals surface area contributed by atoms with Crippen LogP contribution in [0.2, 0.25) is 0 Å². The van der Waals surface area contributed by atoms with Crippen LogP contribution in [0.15, 0.2) is 12.1 Å². The van der Waals surface area contributed by atoms with Gasteiger partial charge in [-0.1, -0.05) is 72.6 Å². The van der Waals surface area contributed by atoms with E-state index >= 15 is 0 Å². The van der Waals surface area contributed by atoms with Crippen LogP contribution in [0.3, 0.4) is 0 Å². The average Bonchev–Trinajstić information content (AvgIpc) is 2.74. The molecule has 1 heterocycles. The summed E-state index contributed by atoms with van der Waals surface area (Å²) in [6.45, 7) is 13.7. The zero-order chi connectivity index (χ0) is 24.4. The summed E-state index contributed by atoms with van der Waals surface area (Å²) >= 11 is 0. The molecule has 1 aromatic rings. The fraction of sp³-hybridized carbons (Fsp3) is 0.759. The van der Waals surface area contributed by atoms with Crippen molar-refractivity contribution < 1.29 is 14.3 Å². The van der Waals surface area contributed by atoms with E-state index in [4.69, 9.17) is 15.2 Å². The minimum atomic E-state index is -0.411. The topological polar surface area (TPSA) is 61.5 Å². The zero-order valence-corrected chi connectivity index (χ0v) is 22.2. The Morgan fingerprint density at radius 3 is 2.24 bits per heavy atom. The highest BCUT2D eigenvalue weighted by molar-refractivity contribution is 5.74. The van der Waals surface area contributed by atoms with Crippen LogP contribution in [0.5, 0.6) is 11.5 Å². The van der Waals surface area contributed by atoms with E-state index in [-0.39, 0.29) is 12.1 Å². The van der Waals surface area contributed by atoms with Crippen molar-refractivity contribution in [2.75, 3.05) is 6.54 Å². The summed E-state index contributed by atoms with van der Waals surface area (Å²) in [6.07, 6.45) is 13.8. The van der Waals surface area contributed by atoms with Gasteiger partial charge in [-0.3, -0.25) is 4.79 Å². The highest BCUT2D eigenvalue weighted by Crippen LogP contribution is 2.40. The van der Waals surface area contributed by atoms with Gasteiger partial charge in [0.25, 0.3) is 0 Å². The lowest BCUT2D eigenvalue weighted by Crippen LogP contribution is -2.36. The largest absolute Gasteiger partial charge is 0.487 e. The molecule has 0 saturated heterocycles. The number of carbonyl (C=O) groups is 1. The van der Waals surface area contributed by atoms with Gasteiger partial charge in [-0.25, -0.2) is 0 Å². The lowest BCUT2D eigenvalue weighted by atomic mass is 9.85. The third-order valence-corrected chi connectivity index (χ3v) is 7.27. The second-order valence-electron chi connectivity index (χ2n) is 11.3. The Morgan fingerprint density at radius 1 is 1.03 bits per heavy atom. The number of hydrogen-bond donors (Lipinski definition) is 1.